The average Bonchev–Trinajstić information content (AvgIpc) is 2.87. The van der Waals surface area contributed by atoms with Crippen LogP contribution in [-0.2, 0) is 12.1 Å². The fourth-order valence-electron chi connectivity index (χ4n) is 2.73. The number of rotatable bonds is 5. The summed E-state index contributed by atoms with van der Waals surface area (Å²) < 4.78 is 7.88. The lowest BCUT2D eigenvalue weighted by molar-refractivity contribution is 0.0644. The molecule has 0 saturated carbocycles. The molecule has 0 fully saturated rings. The highest BCUT2D eigenvalue weighted by molar-refractivity contribution is 5.76. The number of aromatic nitrogens is 2. The van der Waals surface area contributed by atoms with E-state index >= 15 is 0 Å². The molecule has 3 rings (SSSR count). The maximum Gasteiger partial charge on any atom is 0.141 e. The molecule has 3 aromatic rings. The first-order chi connectivity index (χ1) is 10.9. The van der Waals surface area contributed by atoms with Crippen molar-refractivity contribution < 1.29 is 9.84 Å². The molecule has 0 amide bonds. The predicted octanol–water partition coefficient (Wildman–Crippen LogP) is 3.65. The van der Waals surface area contributed by atoms with Crippen LogP contribution >= 0.6 is 0 Å². The minimum absolute atomic E-state index is 0.521. The first-order valence-corrected chi connectivity index (χ1v) is 7.83. The predicted molar refractivity (Wildman–Crippen MR) is 91.7 cm³/mol. The lowest BCUT2D eigenvalue weighted by Gasteiger charge is -2.19. The summed E-state index contributed by atoms with van der Waals surface area (Å²) in [6.07, 6.45) is 0. The zero-order valence-corrected chi connectivity index (χ0v) is 13.8. The second-order valence-electron chi connectivity index (χ2n) is 6.30. The highest BCUT2D eigenvalue weighted by Crippen LogP contribution is 2.24. The molecule has 0 spiro atoms. The third-order valence-corrected chi connectivity index (χ3v) is 3.77. The summed E-state index contributed by atoms with van der Waals surface area (Å²) >= 11 is 0. The molecular weight excluding hydrogens is 288 g/mol. The van der Waals surface area contributed by atoms with Crippen LogP contribution in [0.2, 0.25) is 0 Å². The van der Waals surface area contributed by atoms with Crippen molar-refractivity contribution >= 4 is 11.0 Å². The monoisotopic (exact) mass is 310 g/mol. The van der Waals surface area contributed by atoms with Gasteiger partial charge in [-0.1, -0.05) is 24.3 Å². The zero-order chi connectivity index (χ0) is 16.4. The Balaban J connectivity index is 1.84. The summed E-state index contributed by atoms with van der Waals surface area (Å²) in [7, 11) is 0. The van der Waals surface area contributed by atoms with Gasteiger partial charge in [-0.15, -0.1) is 0 Å². The Hall–Kier alpha value is -2.33. The molecule has 0 aliphatic rings. The molecule has 0 bridgehead atoms. The van der Waals surface area contributed by atoms with Gasteiger partial charge in [0.15, 0.2) is 0 Å². The molecule has 1 aromatic heterocycles. The normalized spacial score (nSPS) is 11.8. The number of aliphatic hydroxyl groups is 1. The average molecular weight is 310 g/mol. The first-order valence-electron chi connectivity index (χ1n) is 7.83. The van der Waals surface area contributed by atoms with Crippen LogP contribution in [0.1, 0.15) is 25.2 Å². The standard InChI is InChI=1S/C19H22N2O2/c1-14-7-6-8-15(13-14)23-12-11-21-17-10-5-4-9-16(17)20-18(21)19(2,3)22/h4-10,13,22H,11-12H2,1-3H3. The highest BCUT2D eigenvalue weighted by atomic mass is 16.5. The molecule has 4 heteroatoms. The van der Waals surface area contributed by atoms with Crippen molar-refractivity contribution in [1.82, 2.24) is 9.55 Å². The quantitative estimate of drug-likeness (QED) is 0.782. The van der Waals surface area contributed by atoms with Gasteiger partial charge >= 0.3 is 0 Å². The van der Waals surface area contributed by atoms with E-state index in [1.807, 2.05) is 60.0 Å². The van der Waals surface area contributed by atoms with Crippen LogP contribution in [0.5, 0.6) is 5.75 Å². The fraction of sp³-hybridized carbons (Fsp3) is 0.316. The third kappa shape index (κ3) is 3.37. The Bertz CT molecular complexity index is 816. The van der Waals surface area contributed by atoms with Crippen molar-refractivity contribution in [1.29, 1.82) is 0 Å². The van der Waals surface area contributed by atoms with Crippen molar-refractivity contribution in [3.05, 3.63) is 59.9 Å². The summed E-state index contributed by atoms with van der Waals surface area (Å²) in [6, 6.07) is 15.9. The number of ether oxygens (including phenoxy) is 1. The zero-order valence-electron chi connectivity index (χ0n) is 13.8. The first kappa shape index (κ1) is 15.6. The van der Waals surface area contributed by atoms with Gasteiger partial charge in [0.25, 0.3) is 0 Å². The van der Waals surface area contributed by atoms with E-state index in [9.17, 15) is 5.11 Å². The van der Waals surface area contributed by atoms with Crippen LogP contribution in [0.25, 0.3) is 11.0 Å². The van der Waals surface area contributed by atoms with E-state index in [2.05, 4.69) is 4.98 Å². The van der Waals surface area contributed by atoms with Crippen molar-refractivity contribution in [2.75, 3.05) is 6.61 Å². The van der Waals surface area contributed by atoms with Gasteiger partial charge in [0, 0.05) is 0 Å². The lowest BCUT2D eigenvalue weighted by atomic mass is 10.1. The second-order valence-corrected chi connectivity index (χ2v) is 6.30. The second kappa shape index (κ2) is 6.05. The van der Waals surface area contributed by atoms with Gasteiger partial charge in [-0.25, -0.2) is 4.98 Å². The summed E-state index contributed by atoms with van der Waals surface area (Å²) in [6.45, 7) is 6.71. The number of para-hydroxylation sites is 2. The van der Waals surface area contributed by atoms with E-state index in [1.165, 1.54) is 5.56 Å². The minimum Gasteiger partial charge on any atom is -0.492 e. The smallest absolute Gasteiger partial charge is 0.141 e. The van der Waals surface area contributed by atoms with Crippen molar-refractivity contribution in [3.8, 4) is 5.75 Å². The summed E-state index contributed by atoms with van der Waals surface area (Å²) in [5.41, 5.74) is 2.08. The molecule has 0 aliphatic heterocycles. The Morgan fingerprint density at radius 3 is 2.65 bits per heavy atom. The maximum absolute atomic E-state index is 10.4. The van der Waals surface area contributed by atoms with Gasteiger partial charge in [-0.2, -0.15) is 0 Å². The number of nitrogens with zero attached hydrogens (tertiary/aromatic N) is 2. The summed E-state index contributed by atoms with van der Waals surface area (Å²) in [5, 5.41) is 10.4. The Morgan fingerprint density at radius 1 is 1.13 bits per heavy atom. The van der Waals surface area contributed by atoms with E-state index in [1.54, 1.807) is 13.8 Å². The van der Waals surface area contributed by atoms with Crippen LogP contribution < -0.4 is 4.74 Å². The van der Waals surface area contributed by atoms with E-state index < -0.39 is 5.60 Å². The van der Waals surface area contributed by atoms with E-state index in [0.717, 1.165) is 16.8 Å². The molecule has 23 heavy (non-hydrogen) atoms. The molecule has 1 N–H and O–H groups in total. The number of fused-ring (bicyclic) bond motifs is 1. The molecule has 0 saturated heterocycles. The van der Waals surface area contributed by atoms with Crippen LogP contribution in [0.15, 0.2) is 48.5 Å². The molecule has 0 aliphatic carbocycles. The fourth-order valence-corrected chi connectivity index (χ4v) is 2.73. The molecule has 120 valence electrons. The topological polar surface area (TPSA) is 47.3 Å². The van der Waals surface area contributed by atoms with Gasteiger partial charge in [0.05, 0.1) is 17.6 Å². The van der Waals surface area contributed by atoms with Gasteiger partial charge in [-0.3, -0.25) is 0 Å². The van der Waals surface area contributed by atoms with Crippen molar-refractivity contribution in [2.24, 2.45) is 0 Å². The molecule has 4 nitrogen and oxygen atoms in total. The van der Waals surface area contributed by atoms with Gasteiger partial charge in [0.2, 0.25) is 0 Å². The van der Waals surface area contributed by atoms with Crippen LogP contribution in [0.3, 0.4) is 0 Å². The van der Waals surface area contributed by atoms with Gasteiger partial charge in [-0.05, 0) is 50.6 Å². The molecule has 1 heterocycles. The minimum atomic E-state index is -0.998. The summed E-state index contributed by atoms with van der Waals surface area (Å²) in [4.78, 5) is 4.58. The van der Waals surface area contributed by atoms with Crippen LogP contribution in [0.4, 0.5) is 0 Å². The van der Waals surface area contributed by atoms with Gasteiger partial charge in [0.1, 0.15) is 23.8 Å². The van der Waals surface area contributed by atoms with E-state index in [4.69, 9.17) is 4.74 Å². The SMILES string of the molecule is Cc1cccc(OCCn2c(C(C)(C)O)nc3ccccc32)c1. The Labute approximate surface area is 136 Å². The molecule has 0 atom stereocenters. The maximum atomic E-state index is 10.4. The lowest BCUT2D eigenvalue weighted by Crippen LogP contribution is -2.23. The van der Waals surface area contributed by atoms with Crippen molar-refractivity contribution in [3.63, 3.8) is 0 Å². The van der Waals surface area contributed by atoms with E-state index in [0.29, 0.717) is 19.0 Å². The largest absolute Gasteiger partial charge is 0.492 e. The van der Waals surface area contributed by atoms with Crippen molar-refractivity contribution in [2.45, 2.75) is 32.9 Å². The number of hydrogen-bond donors (Lipinski definition) is 1. The Morgan fingerprint density at radius 2 is 1.91 bits per heavy atom. The molecule has 0 unspecified atom stereocenters. The molecule has 2 aromatic carbocycles. The molecule has 0 radical (unpaired) electrons. The highest BCUT2D eigenvalue weighted by Gasteiger charge is 2.24. The van der Waals surface area contributed by atoms with Crippen LogP contribution in [0, 0.1) is 6.92 Å². The number of benzene rings is 2. The Kier molecular flexibility index (Phi) is 4.09. The number of aryl methyl sites for hydroxylation is 1. The third-order valence-electron chi connectivity index (χ3n) is 3.77. The van der Waals surface area contributed by atoms with Crippen LogP contribution in [-0.4, -0.2) is 21.3 Å². The molecular formula is C19H22N2O2. The van der Waals surface area contributed by atoms with Gasteiger partial charge < -0.3 is 14.4 Å². The number of hydrogen-bond acceptors (Lipinski definition) is 3. The van der Waals surface area contributed by atoms with E-state index in [-0.39, 0.29) is 0 Å². The number of imidazole rings is 1. The summed E-state index contributed by atoms with van der Waals surface area (Å²) in [5.74, 6) is 1.52.